The van der Waals surface area contributed by atoms with E-state index in [1.807, 2.05) is 19.1 Å². The van der Waals surface area contributed by atoms with Crippen LogP contribution in [0.4, 0.5) is 0 Å². The third-order valence-corrected chi connectivity index (χ3v) is 6.09. The molecule has 0 N–H and O–H groups in total. The first-order valence-electron chi connectivity index (χ1n) is 6.26. The van der Waals surface area contributed by atoms with Crippen LogP contribution in [0, 0.1) is 0 Å². The number of benzene rings is 1. The Bertz CT molecular complexity index is 498. The molecule has 100 valence electrons. The second-order valence-corrected chi connectivity index (χ2v) is 7.05. The van der Waals surface area contributed by atoms with E-state index in [2.05, 4.69) is 15.9 Å². The third-order valence-electron chi connectivity index (χ3n) is 3.48. The first-order valence-corrected chi connectivity index (χ1v) is 8.82. The van der Waals surface area contributed by atoms with Gasteiger partial charge in [-0.25, -0.2) is 8.42 Å². The molecule has 18 heavy (non-hydrogen) atoms. The van der Waals surface area contributed by atoms with E-state index < -0.39 is 10.0 Å². The molecule has 1 heterocycles. The van der Waals surface area contributed by atoms with E-state index in [4.69, 9.17) is 0 Å². The van der Waals surface area contributed by atoms with E-state index in [1.54, 1.807) is 16.4 Å². The van der Waals surface area contributed by atoms with E-state index in [1.165, 1.54) is 0 Å². The van der Waals surface area contributed by atoms with E-state index in [9.17, 15) is 8.42 Å². The second kappa shape index (κ2) is 5.72. The highest BCUT2D eigenvalue weighted by Crippen LogP contribution is 2.27. The Kier molecular flexibility index (Phi) is 4.45. The normalized spacial score (nSPS) is 21.3. The van der Waals surface area contributed by atoms with Gasteiger partial charge in [0.25, 0.3) is 0 Å². The van der Waals surface area contributed by atoms with Crippen molar-refractivity contribution in [2.75, 3.05) is 6.54 Å². The molecule has 0 aromatic heterocycles. The SMILES string of the molecule is CCC1CCCN1S(=O)(=O)c1ccc(CBr)cc1. The Balaban J connectivity index is 2.29. The summed E-state index contributed by atoms with van der Waals surface area (Å²) in [5, 5.41) is 0.745. The van der Waals surface area contributed by atoms with Gasteiger partial charge in [0.15, 0.2) is 0 Å². The van der Waals surface area contributed by atoms with Crippen LogP contribution in [0.25, 0.3) is 0 Å². The molecule has 1 aliphatic heterocycles. The summed E-state index contributed by atoms with van der Waals surface area (Å²) in [6.45, 7) is 2.70. The van der Waals surface area contributed by atoms with Gasteiger partial charge in [0.05, 0.1) is 4.90 Å². The van der Waals surface area contributed by atoms with Crippen molar-refractivity contribution < 1.29 is 8.42 Å². The number of rotatable bonds is 4. The standard InChI is InChI=1S/C13H18BrNO2S/c1-2-12-4-3-9-15(12)18(16,17)13-7-5-11(10-14)6-8-13/h5-8,12H,2-4,9-10H2,1H3. The zero-order valence-electron chi connectivity index (χ0n) is 10.5. The van der Waals surface area contributed by atoms with Crippen molar-refractivity contribution in [3.8, 4) is 0 Å². The van der Waals surface area contributed by atoms with Gasteiger partial charge in [-0.2, -0.15) is 4.31 Å². The summed E-state index contributed by atoms with van der Waals surface area (Å²) in [5.74, 6) is 0. The van der Waals surface area contributed by atoms with Crippen LogP contribution in [0.2, 0.25) is 0 Å². The minimum absolute atomic E-state index is 0.172. The van der Waals surface area contributed by atoms with Gasteiger partial charge >= 0.3 is 0 Å². The van der Waals surface area contributed by atoms with Gasteiger partial charge in [0.2, 0.25) is 10.0 Å². The zero-order chi connectivity index (χ0) is 13.2. The maximum absolute atomic E-state index is 12.5. The Morgan fingerprint density at radius 3 is 2.56 bits per heavy atom. The van der Waals surface area contributed by atoms with E-state index in [0.717, 1.165) is 30.2 Å². The van der Waals surface area contributed by atoms with Crippen molar-refractivity contribution in [1.29, 1.82) is 0 Å². The number of nitrogens with zero attached hydrogens (tertiary/aromatic N) is 1. The zero-order valence-corrected chi connectivity index (χ0v) is 12.9. The van der Waals surface area contributed by atoms with Gasteiger partial charge in [-0.1, -0.05) is 35.0 Å². The van der Waals surface area contributed by atoms with Gasteiger partial charge in [-0.3, -0.25) is 0 Å². The molecule has 0 bridgehead atoms. The van der Waals surface area contributed by atoms with Gasteiger partial charge in [0.1, 0.15) is 0 Å². The molecule has 0 amide bonds. The maximum Gasteiger partial charge on any atom is 0.243 e. The van der Waals surface area contributed by atoms with Crippen molar-refractivity contribution in [2.45, 2.75) is 42.5 Å². The molecule has 1 aliphatic rings. The molecular weight excluding hydrogens is 314 g/mol. The molecule has 5 heteroatoms. The van der Waals surface area contributed by atoms with Crippen LogP contribution in [0.1, 0.15) is 31.7 Å². The molecule has 0 spiro atoms. The largest absolute Gasteiger partial charge is 0.243 e. The summed E-state index contributed by atoms with van der Waals surface area (Å²) >= 11 is 3.36. The van der Waals surface area contributed by atoms with Crippen LogP contribution >= 0.6 is 15.9 Å². The van der Waals surface area contributed by atoms with Crippen molar-refractivity contribution in [3.63, 3.8) is 0 Å². The average molecular weight is 332 g/mol. The highest BCUT2D eigenvalue weighted by molar-refractivity contribution is 9.08. The predicted octanol–water partition coefficient (Wildman–Crippen LogP) is 3.14. The van der Waals surface area contributed by atoms with Gasteiger partial charge in [-0.05, 0) is 37.0 Å². The Hall–Kier alpha value is -0.390. The number of sulfonamides is 1. The van der Waals surface area contributed by atoms with Crippen LogP contribution in [0.5, 0.6) is 0 Å². The number of hydrogen-bond donors (Lipinski definition) is 0. The van der Waals surface area contributed by atoms with Crippen LogP contribution < -0.4 is 0 Å². The Morgan fingerprint density at radius 1 is 1.33 bits per heavy atom. The first kappa shape index (κ1) is 14.0. The van der Waals surface area contributed by atoms with E-state index in [-0.39, 0.29) is 6.04 Å². The highest BCUT2D eigenvalue weighted by atomic mass is 79.9. The molecular formula is C13H18BrNO2S. The molecule has 0 aliphatic carbocycles. The lowest BCUT2D eigenvalue weighted by molar-refractivity contribution is 0.379. The fraction of sp³-hybridized carbons (Fsp3) is 0.538. The fourth-order valence-electron chi connectivity index (χ4n) is 2.42. The first-order chi connectivity index (χ1) is 8.59. The minimum atomic E-state index is -3.31. The fourth-order valence-corrected chi connectivity index (χ4v) is 4.56. The van der Waals surface area contributed by atoms with E-state index >= 15 is 0 Å². The molecule has 0 saturated carbocycles. The monoisotopic (exact) mass is 331 g/mol. The van der Waals surface area contributed by atoms with E-state index in [0.29, 0.717) is 11.4 Å². The molecule has 2 rings (SSSR count). The maximum atomic E-state index is 12.5. The Labute approximate surface area is 117 Å². The van der Waals surface area contributed by atoms with Crippen LogP contribution in [-0.4, -0.2) is 25.3 Å². The van der Waals surface area contributed by atoms with Crippen molar-refractivity contribution in [2.24, 2.45) is 0 Å². The number of alkyl halides is 1. The number of hydrogen-bond acceptors (Lipinski definition) is 2. The summed E-state index contributed by atoms with van der Waals surface area (Å²) in [5.41, 5.74) is 1.09. The number of halogens is 1. The van der Waals surface area contributed by atoms with Crippen molar-refractivity contribution in [1.82, 2.24) is 4.31 Å². The molecule has 3 nitrogen and oxygen atoms in total. The molecule has 1 saturated heterocycles. The lowest BCUT2D eigenvalue weighted by atomic mass is 10.2. The molecule has 1 fully saturated rings. The lowest BCUT2D eigenvalue weighted by Crippen LogP contribution is -2.35. The molecule has 1 atom stereocenters. The molecule has 1 aromatic carbocycles. The molecule has 1 unspecified atom stereocenters. The van der Waals surface area contributed by atoms with Gasteiger partial charge < -0.3 is 0 Å². The van der Waals surface area contributed by atoms with Crippen LogP contribution in [-0.2, 0) is 15.4 Å². The summed E-state index contributed by atoms with van der Waals surface area (Å²) in [4.78, 5) is 0.410. The van der Waals surface area contributed by atoms with Crippen molar-refractivity contribution >= 4 is 26.0 Å². The minimum Gasteiger partial charge on any atom is -0.207 e. The smallest absolute Gasteiger partial charge is 0.207 e. The lowest BCUT2D eigenvalue weighted by Gasteiger charge is -2.23. The molecule has 1 aromatic rings. The third kappa shape index (κ3) is 2.63. The Morgan fingerprint density at radius 2 is 2.00 bits per heavy atom. The second-order valence-electron chi connectivity index (χ2n) is 4.60. The summed E-state index contributed by atoms with van der Waals surface area (Å²) < 4.78 is 26.7. The van der Waals surface area contributed by atoms with Crippen molar-refractivity contribution in [3.05, 3.63) is 29.8 Å². The van der Waals surface area contributed by atoms with Gasteiger partial charge in [0, 0.05) is 17.9 Å². The summed E-state index contributed by atoms with van der Waals surface area (Å²) in [7, 11) is -3.31. The topological polar surface area (TPSA) is 37.4 Å². The van der Waals surface area contributed by atoms with Crippen LogP contribution in [0.3, 0.4) is 0 Å². The average Bonchev–Trinajstić information content (AvgIpc) is 2.88. The summed E-state index contributed by atoms with van der Waals surface area (Å²) in [6.07, 6.45) is 2.84. The molecule has 0 radical (unpaired) electrons. The van der Waals surface area contributed by atoms with Gasteiger partial charge in [-0.15, -0.1) is 0 Å². The predicted molar refractivity (Wildman–Crippen MR) is 76.3 cm³/mol. The van der Waals surface area contributed by atoms with Crippen LogP contribution in [0.15, 0.2) is 29.2 Å². The highest BCUT2D eigenvalue weighted by Gasteiger charge is 2.33. The summed E-state index contributed by atoms with van der Waals surface area (Å²) in [6, 6.07) is 7.30. The quantitative estimate of drug-likeness (QED) is 0.795.